The van der Waals surface area contributed by atoms with Crippen LogP contribution in [0.25, 0.3) is 10.2 Å². The lowest BCUT2D eigenvalue weighted by molar-refractivity contribution is -0.119. The number of nitrogens with zero attached hydrogens (tertiary/aromatic N) is 2. The lowest BCUT2D eigenvalue weighted by Crippen LogP contribution is -2.32. The zero-order chi connectivity index (χ0) is 16.5. The van der Waals surface area contributed by atoms with Crippen molar-refractivity contribution in [1.82, 2.24) is 15.3 Å². The van der Waals surface area contributed by atoms with Crippen molar-refractivity contribution in [2.24, 2.45) is 0 Å². The van der Waals surface area contributed by atoms with Crippen LogP contribution in [0, 0.1) is 6.92 Å². The molecule has 24 heavy (non-hydrogen) atoms. The number of ether oxygens (including phenoxy) is 1. The molecule has 7 heteroatoms. The van der Waals surface area contributed by atoms with Crippen molar-refractivity contribution in [3.05, 3.63) is 16.3 Å². The van der Waals surface area contributed by atoms with Crippen molar-refractivity contribution >= 4 is 39.2 Å². The fourth-order valence-electron chi connectivity index (χ4n) is 3.39. The summed E-state index contributed by atoms with van der Waals surface area (Å²) in [6.45, 7) is 3.36. The zero-order valence-corrected chi connectivity index (χ0v) is 15.4. The monoisotopic (exact) mass is 363 g/mol. The summed E-state index contributed by atoms with van der Waals surface area (Å²) in [6, 6.07) is 0. The number of thiophene rings is 1. The Labute approximate surface area is 149 Å². The number of hydrogen-bond donors (Lipinski definition) is 1. The van der Waals surface area contributed by atoms with Gasteiger partial charge in [0.15, 0.2) is 0 Å². The number of amides is 1. The highest BCUT2D eigenvalue weighted by Gasteiger charge is 2.22. The number of rotatable bonds is 5. The van der Waals surface area contributed by atoms with Gasteiger partial charge in [-0.15, -0.1) is 11.3 Å². The predicted molar refractivity (Wildman–Crippen MR) is 96.9 cm³/mol. The van der Waals surface area contributed by atoms with E-state index in [1.807, 2.05) is 6.92 Å². The van der Waals surface area contributed by atoms with Gasteiger partial charge in [-0.05, 0) is 44.6 Å². The molecule has 5 nitrogen and oxygen atoms in total. The van der Waals surface area contributed by atoms with Gasteiger partial charge in [0.1, 0.15) is 15.7 Å². The summed E-state index contributed by atoms with van der Waals surface area (Å²) in [4.78, 5) is 23.9. The minimum Gasteiger partial charge on any atom is -0.376 e. The summed E-state index contributed by atoms with van der Waals surface area (Å²) >= 11 is 3.32. The SMILES string of the molecule is Cc1nc(SCC(=O)NC[C@H]2CCCO2)c2c3c(sc2n1)CCC3. The van der Waals surface area contributed by atoms with E-state index in [1.54, 1.807) is 11.3 Å². The average Bonchev–Trinajstić information content (AvgIpc) is 3.26. The van der Waals surface area contributed by atoms with E-state index in [1.165, 1.54) is 34.0 Å². The van der Waals surface area contributed by atoms with Gasteiger partial charge in [-0.3, -0.25) is 4.79 Å². The molecular weight excluding hydrogens is 342 g/mol. The number of aromatic nitrogens is 2. The Morgan fingerprint density at radius 2 is 2.29 bits per heavy atom. The maximum absolute atomic E-state index is 12.1. The van der Waals surface area contributed by atoms with Gasteiger partial charge in [0.05, 0.1) is 11.9 Å². The van der Waals surface area contributed by atoms with Crippen LogP contribution in [-0.2, 0) is 22.4 Å². The molecule has 0 saturated carbocycles. The Hall–Kier alpha value is -1.18. The van der Waals surface area contributed by atoms with E-state index in [0.29, 0.717) is 12.3 Å². The molecule has 0 aromatic carbocycles. The molecule has 0 spiro atoms. The maximum Gasteiger partial charge on any atom is 0.230 e. The topological polar surface area (TPSA) is 64.1 Å². The van der Waals surface area contributed by atoms with Crippen LogP contribution in [0.3, 0.4) is 0 Å². The van der Waals surface area contributed by atoms with Crippen LogP contribution in [0.5, 0.6) is 0 Å². The Morgan fingerprint density at radius 3 is 3.12 bits per heavy atom. The first kappa shape index (κ1) is 16.3. The quantitative estimate of drug-likeness (QED) is 0.654. The zero-order valence-electron chi connectivity index (χ0n) is 13.8. The predicted octanol–water partition coefficient (Wildman–Crippen LogP) is 2.88. The van der Waals surface area contributed by atoms with Crippen LogP contribution in [0.15, 0.2) is 5.03 Å². The van der Waals surface area contributed by atoms with Crippen molar-refractivity contribution < 1.29 is 9.53 Å². The summed E-state index contributed by atoms with van der Waals surface area (Å²) in [5, 5.41) is 5.13. The number of nitrogens with one attached hydrogen (secondary N) is 1. The van der Waals surface area contributed by atoms with Crippen LogP contribution in [-0.4, -0.2) is 40.9 Å². The molecule has 1 atom stereocenters. The molecule has 4 rings (SSSR count). The summed E-state index contributed by atoms with van der Waals surface area (Å²) in [6.07, 6.45) is 5.81. The molecule has 1 saturated heterocycles. The second-order valence-electron chi connectivity index (χ2n) is 6.34. The van der Waals surface area contributed by atoms with Crippen LogP contribution < -0.4 is 5.32 Å². The molecule has 0 bridgehead atoms. The van der Waals surface area contributed by atoms with Crippen molar-refractivity contribution in [1.29, 1.82) is 0 Å². The Morgan fingerprint density at radius 1 is 1.38 bits per heavy atom. The van der Waals surface area contributed by atoms with E-state index in [2.05, 4.69) is 15.3 Å². The standard InChI is InChI=1S/C17H21N3O2S2/c1-10-19-16(15-12-5-2-6-13(12)24-17(15)20-10)23-9-14(21)18-8-11-4-3-7-22-11/h11H,2-9H2,1H3,(H,18,21)/t11-/m1/s1. The third-order valence-electron chi connectivity index (χ3n) is 4.53. The molecule has 1 fully saturated rings. The smallest absolute Gasteiger partial charge is 0.230 e. The number of carbonyl (C=O) groups excluding carboxylic acids is 1. The van der Waals surface area contributed by atoms with Crippen molar-refractivity contribution in [2.75, 3.05) is 18.9 Å². The summed E-state index contributed by atoms with van der Waals surface area (Å²) in [7, 11) is 0. The number of hydrogen-bond acceptors (Lipinski definition) is 6. The van der Waals surface area contributed by atoms with Gasteiger partial charge in [-0.25, -0.2) is 9.97 Å². The van der Waals surface area contributed by atoms with Crippen LogP contribution in [0.4, 0.5) is 0 Å². The van der Waals surface area contributed by atoms with Gasteiger partial charge < -0.3 is 10.1 Å². The van der Waals surface area contributed by atoms with Crippen molar-refractivity contribution in [3.8, 4) is 0 Å². The first-order valence-corrected chi connectivity index (χ1v) is 10.3. The number of carbonyl (C=O) groups is 1. The van der Waals surface area contributed by atoms with Crippen LogP contribution in [0.2, 0.25) is 0 Å². The van der Waals surface area contributed by atoms with Crippen molar-refractivity contribution in [3.63, 3.8) is 0 Å². The highest BCUT2D eigenvalue weighted by molar-refractivity contribution is 8.00. The molecular formula is C17H21N3O2S2. The van der Waals surface area contributed by atoms with Crippen molar-refractivity contribution in [2.45, 2.75) is 50.2 Å². The highest BCUT2D eigenvalue weighted by Crippen LogP contribution is 2.40. The third kappa shape index (κ3) is 3.30. The maximum atomic E-state index is 12.1. The lowest BCUT2D eigenvalue weighted by atomic mass is 10.2. The molecule has 1 aliphatic carbocycles. The second-order valence-corrected chi connectivity index (χ2v) is 8.39. The third-order valence-corrected chi connectivity index (χ3v) is 6.70. The van der Waals surface area contributed by atoms with Gasteiger partial charge in [0, 0.05) is 23.4 Å². The Bertz CT molecular complexity index is 769. The highest BCUT2D eigenvalue weighted by atomic mass is 32.2. The van der Waals surface area contributed by atoms with E-state index in [9.17, 15) is 4.79 Å². The van der Waals surface area contributed by atoms with E-state index in [4.69, 9.17) is 4.74 Å². The molecule has 1 aliphatic heterocycles. The first-order chi connectivity index (χ1) is 11.7. The van der Waals surface area contributed by atoms with Gasteiger partial charge in [-0.1, -0.05) is 11.8 Å². The molecule has 1 N–H and O–H groups in total. The molecule has 1 amide bonds. The van der Waals surface area contributed by atoms with E-state index in [0.717, 1.165) is 48.0 Å². The van der Waals surface area contributed by atoms with Crippen LogP contribution >= 0.6 is 23.1 Å². The van der Waals surface area contributed by atoms with E-state index >= 15 is 0 Å². The van der Waals surface area contributed by atoms with E-state index in [-0.39, 0.29) is 12.0 Å². The minimum absolute atomic E-state index is 0.0480. The minimum atomic E-state index is 0.0480. The van der Waals surface area contributed by atoms with Gasteiger partial charge in [0.2, 0.25) is 5.91 Å². The Balaban J connectivity index is 1.45. The molecule has 2 aromatic heterocycles. The van der Waals surface area contributed by atoms with Gasteiger partial charge in [-0.2, -0.15) is 0 Å². The molecule has 3 heterocycles. The first-order valence-electron chi connectivity index (χ1n) is 8.50. The second kappa shape index (κ2) is 6.98. The average molecular weight is 364 g/mol. The number of thioether (sulfide) groups is 1. The molecule has 0 unspecified atom stereocenters. The summed E-state index contributed by atoms with van der Waals surface area (Å²) in [5.41, 5.74) is 1.41. The normalized spacial score (nSPS) is 19.8. The fourth-order valence-corrected chi connectivity index (χ4v) is 5.69. The molecule has 0 radical (unpaired) electrons. The fraction of sp³-hybridized carbons (Fsp3) is 0.588. The number of fused-ring (bicyclic) bond motifs is 3. The Kier molecular flexibility index (Phi) is 4.74. The molecule has 2 aliphatic rings. The molecule has 2 aromatic rings. The van der Waals surface area contributed by atoms with E-state index < -0.39 is 0 Å². The largest absolute Gasteiger partial charge is 0.376 e. The van der Waals surface area contributed by atoms with Gasteiger partial charge in [0.25, 0.3) is 0 Å². The lowest BCUT2D eigenvalue weighted by Gasteiger charge is -2.11. The van der Waals surface area contributed by atoms with Crippen LogP contribution in [0.1, 0.15) is 35.5 Å². The molecule has 128 valence electrons. The van der Waals surface area contributed by atoms with Gasteiger partial charge >= 0.3 is 0 Å². The summed E-state index contributed by atoms with van der Waals surface area (Å²) < 4.78 is 5.54. The number of aryl methyl sites for hydroxylation is 3. The summed E-state index contributed by atoms with van der Waals surface area (Å²) in [5.74, 6) is 1.22.